The first-order valence-electron chi connectivity index (χ1n) is 8.54. The van der Waals surface area contributed by atoms with E-state index in [1.54, 1.807) is 0 Å². The molecule has 22 heavy (non-hydrogen) atoms. The molecule has 1 N–H and O–H groups in total. The van der Waals surface area contributed by atoms with Crippen molar-refractivity contribution in [2.45, 2.75) is 71.8 Å². The molecular formula is C19H32N2O. The minimum absolute atomic E-state index is 0.00329. The van der Waals surface area contributed by atoms with Gasteiger partial charge < -0.3 is 10.2 Å². The third kappa shape index (κ3) is 9.43. The Bertz CT molecular complexity index is 418. The molecule has 0 bridgehead atoms. The summed E-state index contributed by atoms with van der Waals surface area (Å²) in [6, 6.07) is 8.08. The number of hydrazone groups is 1. The topological polar surface area (TPSA) is 33.6 Å². The summed E-state index contributed by atoms with van der Waals surface area (Å²) in [5.74, 6) is 0.939. The summed E-state index contributed by atoms with van der Waals surface area (Å²) >= 11 is 0. The fraction of sp³-hybridized carbons (Fsp3) is 0.632. The SMILES string of the molecule is CCCCCCCCOc1ccc(/C=N/NC(C)(C)C)cc1. The molecule has 0 heterocycles. The molecule has 0 aromatic heterocycles. The highest BCUT2D eigenvalue weighted by atomic mass is 16.5. The third-order valence-electron chi connectivity index (χ3n) is 3.26. The summed E-state index contributed by atoms with van der Waals surface area (Å²) in [6.45, 7) is 9.32. The van der Waals surface area contributed by atoms with Gasteiger partial charge in [-0.05, 0) is 57.0 Å². The third-order valence-corrected chi connectivity index (χ3v) is 3.26. The van der Waals surface area contributed by atoms with E-state index in [9.17, 15) is 0 Å². The van der Waals surface area contributed by atoms with E-state index in [1.807, 2.05) is 30.5 Å². The van der Waals surface area contributed by atoms with Crippen LogP contribution in [-0.4, -0.2) is 18.4 Å². The van der Waals surface area contributed by atoms with Crippen molar-refractivity contribution in [2.75, 3.05) is 6.61 Å². The van der Waals surface area contributed by atoms with Crippen LogP contribution in [-0.2, 0) is 0 Å². The average Bonchev–Trinajstić information content (AvgIpc) is 2.46. The van der Waals surface area contributed by atoms with Gasteiger partial charge in [0, 0.05) is 5.54 Å². The Morgan fingerprint density at radius 2 is 1.64 bits per heavy atom. The molecule has 0 amide bonds. The van der Waals surface area contributed by atoms with Crippen molar-refractivity contribution < 1.29 is 4.74 Å². The van der Waals surface area contributed by atoms with E-state index in [2.05, 4.69) is 38.2 Å². The lowest BCUT2D eigenvalue weighted by atomic mass is 10.1. The zero-order valence-corrected chi connectivity index (χ0v) is 14.7. The Morgan fingerprint density at radius 3 is 2.27 bits per heavy atom. The van der Waals surface area contributed by atoms with Gasteiger partial charge in [-0.3, -0.25) is 0 Å². The molecule has 1 rings (SSSR count). The van der Waals surface area contributed by atoms with E-state index >= 15 is 0 Å². The van der Waals surface area contributed by atoms with Crippen molar-refractivity contribution in [1.82, 2.24) is 5.43 Å². The lowest BCUT2D eigenvalue weighted by Crippen LogP contribution is -2.31. The minimum atomic E-state index is -0.00329. The highest BCUT2D eigenvalue weighted by Crippen LogP contribution is 2.12. The predicted octanol–water partition coefficient (Wildman–Crippen LogP) is 5.15. The maximum Gasteiger partial charge on any atom is 0.119 e. The molecule has 0 spiro atoms. The molecule has 0 aliphatic rings. The van der Waals surface area contributed by atoms with Crippen LogP contribution >= 0.6 is 0 Å². The number of nitrogens with one attached hydrogen (secondary N) is 1. The molecular weight excluding hydrogens is 272 g/mol. The smallest absolute Gasteiger partial charge is 0.119 e. The summed E-state index contributed by atoms with van der Waals surface area (Å²) in [6.07, 6.45) is 9.58. The maximum atomic E-state index is 5.77. The second-order valence-corrected chi connectivity index (χ2v) is 6.81. The molecule has 0 atom stereocenters. The molecule has 1 aromatic carbocycles. The van der Waals surface area contributed by atoms with Crippen molar-refractivity contribution in [3.8, 4) is 5.75 Å². The lowest BCUT2D eigenvalue weighted by molar-refractivity contribution is 0.304. The number of hydrogen-bond donors (Lipinski definition) is 1. The average molecular weight is 304 g/mol. The first-order chi connectivity index (χ1) is 10.5. The molecule has 0 fully saturated rings. The van der Waals surface area contributed by atoms with Crippen LogP contribution in [0.15, 0.2) is 29.4 Å². The van der Waals surface area contributed by atoms with E-state index in [0.29, 0.717) is 0 Å². The lowest BCUT2D eigenvalue weighted by Gasteiger charge is -2.16. The van der Waals surface area contributed by atoms with Crippen LogP contribution in [0.3, 0.4) is 0 Å². The van der Waals surface area contributed by atoms with Gasteiger partial charge in [-0.1, -0.05) is 39.0 Å². The van der Waals surface area contributed by atoms with Crippen molar-refractivity contribution in [3.05, 3.63) is 29.8 Å². The molecule has 124 valence electrons. The molecule has 1 aromatic rings. The maximum absolute atomic E-state index is 5.77. The monoisotopic (exact) mass is 304 g/mol. The molecule has 0 aliphatic heterocycles. The van der Waals surface area contributed by atoms with Crippen LogP contribution in [0.4, 0.5) is 0 Å². The normalized spacial score (nSPS) is 11.8. The minimum Gasteiger partial charge on any atom is -0.494 e. The molecule has 3 nitrogen and oxygen atoms in total. The van der Waals surface area contributed by atoms with Crippen molar-refractivity contribution >= 4 is 6.21 Å². The van der Waals surface area contributed by atoms with Gasteiger partial charge in [0.25, 0.3) is 0 Å². The van der Waals surface area contributed by atoms with Crippen LogP contribution in [0, 0.1) is 0 Å². The predicted molar refractivity (Wildman–Crippen MR) is 95.8 cm³/mol. The van der Waals surface area contributed by atoms with Crippen molar-refractivity contribution in [3.63, 3.8) is 0 Å². The standard InChI is InChI=1S/C19H32N2O/c1-5-6-7-8-9-10-15-22-18-13-11-17(12-14-18)16-20-21-19(2,3)4/h11-14,16,21H,5-10,15H2,1-4H3/b20-16+. The Morgan fingerprint density at radius 1 is 1.00 bits per heavy atom. The highest BCUT2D eigenvalue weighted by molar-refractivity contribution is 5.79. The Hall–Kier alpha value is -1.51. The number of hydrogen-bond acceptors (Lipinski definition) is 3. The molecule has 0 unspecified atom stereocenters. The largest absolute Gasteiger partial charge is 0.494 e. The van der Waals surface area contributed by atoms with Crippen LogP contribution in [0.2, 0.25) is 0 Å². The Kier molecular flexibility index (Phi) is 8.64. The van der Waals surface area contributed by atoms with Gasteiger partial charge in [0.2, 0.25) is 0 Å². The molecule has 0 saturated heterocycles. The summed E-state index contributed by atoms with van der Waals surface area (Å²) < 4.78 is 5.77. The van der Waals surface area contributed by atoms with Gasteiger partial charge in [-0.2, -0.15) is 5.10 Å². The van der Waals surface area contributed by atoms with Crippen molar-refractivity contribution in [1.29, 1.82) is 0 Å². The number of unbranched alkanes of at least 4 members (excludes halogenated alkanes) is 5. The van der Waals surface area contributed by atoms with Gasteiger partial charge >= 0.3 is 0 Å². The highest BCUT2D eigenvalue weighted by Gasteiger charge is 2.05. The number of rotatable bonds is 10. The fourth-order valence-electron chi connectivity index (χ4n) is 2.02. The second kappa shape index (κ2) is 10.3. The number of ether oxygens (including phenoxy) is 1. The van der Waals surface area contributed by atoms with Gasteiger partial charge in [-0.15, -0.1) is 0 Å². The molecule has 0 aliphatic carbocycles. The quantitative estimate of drug-likeness (QED) is 0.368. The number of benzene rings is 1. The zero-order chi connectivity index (χ0) is 16.3. The van der Waals surface area contributed by atoms with Crippen LogP contribution < -0.4 is 10.2 Å². The number of nitrogens with zero attached hydrogens (tertiary/aromatic N) is 1. The Balaban J connectivity index is 2.21. The van der Waals surface area contributed by atoms with Gasteiger partial charge in [0.15, 0.2) is 0 Å². The summed E-state index contributed by atoms with van der Waals surface area (Å²) in [4.78, 5) is 0. The van der Waals surface area contributed by atoms with E-state index < -0.39 is 0 Å². The van der Waals surface area contributed by atoms with Gasteiger partial charge in [0.05, 0.1) is 12.8 Å². The van der Waals surface area contributed by atoms with E-state index in [-0.39, 0.29) is 5.54 Å². The second-order valence-electron chi connectivity index (χ2n) is 6.81. The van der Waals surface area contributed by atoms with Crippen molar-refractivity contribution in [2.24, 2.45) is 5.10 Å². The summed E-state index contributed by atoms with van der Waals surface area (Å²) in [7, 11) is 0. The van der Waals surface area contributed by atoms with Gasteiger partial charge in [-0.25, -0.2) is 0 Å². The van der Waals surface area contributed by atoms with Crippen LogP contribution in [0.25, 0.3) is 0 Å². The Labute approximate surface area is 136 Å². The zero-order valence-electron chi connectivity index (χ0n) is 14.7. The van der Waals surface area contributed by atoms with E-state index in [0.717, 1.165) is 24.3 Å². The summed E-state index contributed by atoms with van der Waals surface area (Å²) in [5.41, 5.74) is 4.16. The molecule has 0 saturated carbocycles. The summed E-state index contributed by atoms with van der Waals surface area (Å²) in [5, 5.41) is 4.24. The first kappa shape index (κ1) is 18.5. The van der Waals surface area contributed by atoms with E-state index in [4.69, 9.17) is 4.74 Å². The molecule has 0 radical (unpaired) electrons. The first-order valence-corrected chi connectivity index (χ1v) is 8.54. The van der Waals surface area contributed by atoms with E-state index in [1.165, 1.54) is 32.1 Å². The van der Waals surface area contributed by atoms with Crippen LogP contribution in [0.5, 0.6) is 5.75 Å². The molecule has 3 heteroatoms. The fourth-order valence-corrected chi connectivity index (χ4v) is 2.02. The van der Waals surface area contributed by atoms with Gasteiger partial charge in [0.1, 0.15) is 5.75 Å². The van der Waals surface area contributed by atoms with Crippen LogP contribution in [0.1, 0.15) is 71.8 Å².